The third-order valence-electron chi connectivity index (χ3n) is 2.81. The molecular formula is C15H14N2. The van der Waals surface area contributed by atoms with Crippen LogP contribution in [0.4, 0.5) is 0 Å². The van der Waals surface area contributed by atoms with E-state index in [2.05, 4.69) is 23.2 Å². The van der Waals surface area contributed by atoms with Gasteiger partial charge in [0.05, 0.1) is 12.0 Å². The highest BCUT2D eigenvalue weighted by molar-refractivity contribution is 5.22. The lowest BCUT2D eigenvalue weighted by molar-refractivity contribution is 0.743. The van der Waals surface area contributed by atoms with Gasteiger partial charge in [0.15, 0.2) is 0 Å². The highest BCUT2D eigenvalue weighted by Gasteiger charge is 2.10. The molecule has 2 heteroatoms. The van der Waals surface area contributed by atoms with Gasteiger partial charge in [-0.1, -0.05) is 36.4 Å². The summed E-state index contributed by atoms with van der Waals surface area (Å²) in [6.07, 6.45) is 5.27. The van der Waals surface area contributed by atoms with Crippen molar-refractivity contribution in [2.24, 2.45) is 0 Å². The number of nitrogens with zero attached hydrogens (tertiary/aromatic N) is 2. The van der Waals surface area contributed by atoms with Crippen LogP contribution >= 0.6 is 0 Å². The molecule has 0 radical (unpaired) electrons. The minimum Gasteiger partial charge on any atom is -0.264 e. The molecule has 17 heavy (non-hydrogen) atoms. The van der Waals surface area contributed by atoms with Crippen molar-refractivity contribution in [2.45, 2.75) is 18.8 Å². The molecule has 1 atom stereocenters. The lowest BCUT2D eigenvalue weighted by atomic mass is 9.95. The summed E-state index contributed by atoms with van der Waals surface area (Å²) < 4.78 is 0. The normalized spacial score (nSPS) is 11.7. The molecule has 0 aliphatic heterocycles. The summed E-state index contributed by atoms with van der Waals surface area (Å²) in [5.74, 6) is -0.0658. The summed E-state index contributed by atoms with van der Waals surface area (Å²) in [5.41, 5.74) is 2.28. The quantitative estimate of drug-likeness (QED) is 0.795. The van der Waals surface area contributed by atoms with Crippen LogP contribution < -0.4 is 0 Å². The number of aromatic nitrogens is 1. The van der Waals surface area contributed by atoms with E-state index in [0.717, 1.165) is 18.4 Å². The molecule has 1 aromatic heterocycles. The molecule has 0 aliphatic rings. The van der Waals surface area contributed by atoms with Crippen LogP contribution in [0.25, 0.3) is 0 Å². The Hall–Kier alpha value is -2.14. The molecule has 1 aromatic carbocycles. The summed E-state index contributed by atoms with van der Waals surface area (Å²) >= 11 is 0. The summed E-state index contributed by atoms with van der Waals surface area (Å²) in [6.45, 7) is 0. The number of benzene rings is 1. The molecule has 0 bridgehead atoms. The van der Waals surface area contributed by atoms with Crippen LogP contribution in [0.2, 0.25) is 0 Å². The molecule has 1 heterocycles. The molecule has 0 fully saturated rings. The number of aryl methyl sites for hydroxylation is 1. The van der Waals surface area contributed by atoms with Crippen molar-refractivity contribution in [1.29, 1.82) is 5.26 Å². The summed E-state index contributed by atoms with van der Waals surface area (Å²) in [4.78, 5) is 4.06. The van der Waals surface area contributed by atoms with Crippen molar-refractivity contribution < 1.29 is 0 Å². The van der Waals surface area contributed by atoms with Gasteiger partial charge < -0.3 is 0 Å². The average Bonchev–Trinajstić information content (AvgIpc) is 2.42. The first-order chi connectivity index (χ1) is 8.40. The van der Waals surface area contributed by atoms with Crippen molar-refractivity contribution in [1.82, 2.24) is 4.98 Å². The van der Waals surface area contributed by atoms with Crippen LogP contribution in [0, 0.1) is 11.3 Å². The van der Waals surface area contributed by atoms with Crippen molar-refractivity contribution in [3.05, 3.63) is 66.0 Å². The van der Waals surface area contributed by atoms with Gasteiger partial charge in [-0.25, -0.2) is 0 Å². The van der Waals surface area contributed by atoms with Gasteiger partial charge in [-0.05, 0) is 30.0 Å². The van der Waals surface area contributed by atoms with Gasteiger partial charge in [0, 0.05) is 12.4 Å². The fraction of sp³-hybridized carbons (Fsp3) is 0.200. The highest BCUT2D eigenvalue weighted by Crippen LogP contribution is 2.19. The van der Waals surface area contributed by atoms with Crippen molar-refractivity contribution in [3.8, 4) is 6.07 Å². The van der Waals surface area contributed by atoms with Gasteiger partial charge in [-0.2, -0.15) is 5.26 Å². The van der Waals surface area contributed by atoms with Crippen LogP contribution in [0.15, 0.2) is 54.9 Å². The zero-order chi connectivity index (χ0) is 11.9. The topological polar surface area (TPSA) is 36.7 Å². The zero-order valence-electron chi connectivity index (χ0n) is 9.58. The molecule has 0 saturated heterocycles. The highest BCUT2D eigenvalue weighted by atomic mass is 14.6. The van der Waals surface area contributed by atoms with E-state index < -0.39 is 0 Å². The number of hydrogen-bond acceptors (Lipinski definition) is 2. The van der Waals surface area contributed by atoms with Crippen LogP contribution in [-0.2, 0) is 6.42 Å². The lowest BCUT2D eigenvalue weighted by Crippen LogP contribution is -1.98. The van der Waals surface area contributed by atoms with Gasteiger partial charge >= 0.3 is 0 Å². The molecule has 0 aliphatic carbocycles. The Morgan fingerprint density at radius 2 is 1.94 bits per heavy atom. The Morgan fingerprint density at radius 3 is 2.59 bits per heavy atom. The van der Waals surface area contributed by atoms with E-state index in [1.807, 2.05) is 30.3 Å². The Labute approximate surface area is 102 Å². The van der Waals surface area contributed by atoms with E-state index in [1.54, 1.807) is 12.4 Å². The standard InChI is InChI=1S/C15H14N2/c16-11-14(15-7-4-10-17-12-15)9-8-13-5-2-1-3-6-13/h1-7,10,12,14H,8-9H2/t14-/m0/s1. The van der Waals surface area contributed by atoms with Crippen LogP contribution in [0.1, 0.15) is 23.5 Å². The number of nitriles is 1. The molecular weight excluding hydrogens is 208 g/mol. The average molecular weight is 222 g/mol. The second kappa shape index (κ2) is 5.81. The maximum Gasteiger partial charge on any atom is 0.0730 e. The molecule has 0 spiro atoms. The monoisotopic (exact) mass is 222 g/mol. The minimum atomic E-state index is -0.0658. The Balaban J connectivity index is 2.01. The summed E-state index contributed by atoms with van der Waals surface area (Å²) in [5, 5.41) is 9.18. The number of rotatable bonds is 4. The molecule has 0 unspecified atom stereocenters. The van der Waals surface area contributed by atoms with E-state index in [1.165, 1.54) is 5.56 Å². The molecule has 0 N–H and O–H groups in total. The Morgan fingerprint density at radius 1 is 1.12 bits per heavy atom. The van der Waals surface area contributed by atoms with Crippen molar-refractivity contribution >= 4 is 0 Å². The maximum absolute atomic E-state index is 9.18. The molecule has 0 saturated carbocycles. The van der Waals surface area contributed by atoms with Crippen LogP contribution in [0.3, 0.4) is 0 Å². The summed E-state index contributed by atoms with van der Waals surface area (Å²) in [7, 11) is 0. The number of pyridine rings is 1. The smallest absolute Gasteiger partial charge is 0.0730 e. The largest absolute Gasteiger partial charge is 0.264 e. The van der Waals surface area contributed by atoms with Gasteiger partial charge in [-0.15, -0.1) is 0 Å². The third kappa shape index (κ3) is 3.15. The zero-order valence-corrected chi connectivity index (χ0v) is 9.58. The van der Waals surface area contributed by atoms with E-state index in [-0.39, 0.29) is 5.92 Å². The van der Waals surface area contributed by atoms with Crippen LogP contribution in [0.5, 0.6) is 0 Å². The van der Waals surface area contributed by atoms with E-state index in [0.29, 0.717) is 0 Å². The lowest BCUT2D eigenvalue weighted by Gasteiger charge is -2.08. The van der Waals surface area contributed by atoms with Crippen LogP contribution in [-0.4, -0.2) is 4.98 Å². The number of hydrogen-bond donors (Lipinski definition) is 0. The first kappa shape index (κ1) is 11.3. The Kier molecular flexibility index (Phi) is 3.88. The molecule has 2 nitrogen and oxygen atoms in total. The summed E-state index contributed by atoms with van der Waals surface area (Å²) in [6, 6.07) is 16.4. The minimum absolute atomic E-state index is 0.0658. The first-order valence-corrected chi connectivity index (χ1v) is 5.73. The predicted octanol–water partition coefficient (Wildman–Crippen LogP) is 3.32. The SMILES string of the molecule is N#C[C@H](CCc1ccccc1)c1cccnc1. The second-order valence-corrected chi connectivity index (χ2v) is 3.99. The second-order valence-electron chi connectivity index (χ2n) is 3.99. The molecule has 2 aromatic rings. The van der Waals surface area contributed by atoms with Gasteiger partial charge in [-0.3, -0.25) is 4.98 Å². The third-order valence-corrected chi connectivity index (χ3v) is 2.81. The molecule has 2 rings (SSSR count). The predicted molar refractivity (Wildman–Crippen MR) is 67.4 cm³/mol. The maximum atomic E-state index is 9.18. The fourth-order valence-corrected chi connectivity index (χ4v) is 1.84. The van der Waals surface area contributed by atoms with Crippen molar-refractivity contribution in [3.63, 3.8) is 0 Å². The van der Waals surface area contributed by atoms with Gasteiger partial charge in [0.2, 0.25) is 0 Å². The Bertz CT molecular complexity index is 485. The van der Waals surface area contributed by atoms with Gasteiger partial charge in [0.1, 0.15) is 0 Å². The van der Waals surface area contributed by atoms with E-state index >= 15 is 0 Å². The first-order valence-electron chi connectivity index (χ1n) is 5.73. The van der Waals surface area contributed by atoms with E-state index in [4.69, 9.17) is 0 Å². The molecule has 84 valence electrons. The fourth-order valence-electron chi connectivity index (χ4n) is 1.84. The molecule has 0 amide bonds. The van der Waals surface area contributed by atoms with E-state index in [9.17, 15) is 5.26 Å². The van der Waals surface area contributed by atoms with Gasteiger partial charge in [0.25, 0.3) is 0 Å². The van der Waals surface area contributed by atoms with Crippen molar-refractivity contribution in [2.75, 3.05) is 0 Å².